The van der Waals surface area contributed by atoms with Gasteiger partial charge in [-0.2, -0.15) is 13.2 Å². The Morgan fingerprint density at radius 2 is 1.89 bits per heavy atom. The Morgan fingerprint density at radius 3 is 2.54 bits per heavy atom. The zero-order valence-electron chi connectivity index (χ0n) is 14.8. The molecule has 28 heavy (non-hydrogen) atoms. The summed E-state index contributed by atoms with van der Waals surface area (Å²) in [6, 6.07) is 10.5. The number of ether oxygens (including phenoxy) is 2. The molecule has 0 fully saturated rings. The normalized spacial score (nSPS) is 12.3. The van der Waals surface area contributed by atoms with Crippen LogP contribution in [0.5, 0.6) is 0 Å². The van der Waals surface area contributed by atoms with Crippen molar-refractivity contribution in [3.63, 3.8) is 0 Å². The molecule has 0 N–H and O–H groups in total. The molecule has 0 radical (unpaired) electrons. The van der Waals surface area contributed by atoms with E-state index in [1.165, 1.54) is 32.6 Å². The minimum atomic E-state index is -4.51. The van der Waals surface area contributed by atoms with Gasteiger partial charge in [-0.25, -0.2) is 4.79 Å². The van der Waals surface area contributed by atoms with Gasteiger partial charge in [-0.3, -0.25) is 0 Å². The van der Waals surface area contributed by atoms with E-state index in [0.29, 0.717) is 16.5 Å². The Morgan fingerprint density at radius 1 is 1.14 bits per heavy atom. The first-order chi connectivity index (χ1) is 13.3. The molecule has 0 saturated carbocycles. The molecule has 0 amide bonds. The monoisotopic (exact) mass is 454 g/mol. The number of hydrogen-bond acceptors (Lipinski definition) is 4. The molecule has 2 aromatic carbocycles. The molecule has 1 aromatic heterocycles. The van der Waals surface area contributed by atoms with E-state index >= 15 is 0 Å². The first kappa shape index (κ1) is 20.0. The van der Waals surface area contributed by atoms with E-state index in [-0.39, 0.29) is 21.4 Å². The molecule has 4 nitrogen and oxygen atoms in total. The van der Waals surface area contributed by atoms with Crippen LogP contribution in [0.2, 0.25) is 0 Å². The largest absolute Gasteiger partial charge is 0.503 e. The third kappa shape index (κ3) is 3.77. The molecule has 8 heteroatoms. The second kappa shape index (κ2) is 7.71. The molecule has 0 aliphatic carbocycles. The predicted molar refractivity (Wildman–Crippen MR) is 101 cm³/mol. The summed E-state index contributed by atoms with van der Waals surface area (Å²) < 4.78 is 55.1. The van der Waals surface area contributed by atoms with E-state index in [2.05, 4.69) is 15.9 Å². The minimum absolute atomic E-state index is 0.0587. The van der Waals surface area contributed by atoms with Crippen molar-refractivity contribution in [3.8, 4) is 11.3 Å². The van der Waals surface area contributed by atoms with Gasteiger partial charge in [-0.05, 0) is 18.2 Å². The van der Waals surface area contributed by atoms with Gasteiger partial charge in [0.15, 0.2) is 0 Å². The molecule has 0 unspecified atom stereocenters. The van der Waals surface area contributed by atoms with Gasteiger partial charge in [0, 0.05) is 21.0 Å². The highest BCUT2D eigenvalue weighted by atomic mass is 79.9. The summed E-state index contributed by atoms with van der Waals surface area (Å²) in [5.41, 5.74) is 0.324. The van der Waals surface area contributed by atoms with Gasteiger partial charge in [0.2, 0.25) is 0 Å². The first-order valence-corrected chi connectivity index (χ1v) is 8.77. The maximum atomic E-state index is 13.2. The maximum absolute atomic E-state index is 13.2. The lowest BCUT2D eigenvalue weighted by molar-refractivity contribution is -0.138. The van der Waals surface area contributed by atoms with Crippen LogP contribution in [0.4, 0.5) is 13.2 Å². The molecule has 1 heterocycles. The van der Waals surface area contributed by atoms with Crippen LogP contribution >= 0.6 is 15.9 Å². The van der Waals surface area contributed by atoms with Gasteiger partial charge in [0.05, 0.1) is 26.0 Å². The van der Waals surface area contributed by atoms with Crippen molar-refractivity contribution in [1.29, 1.82) is 0 Å². The number of fused-ring (bicyclic) bond motifs is 1. The lowest BCUT2D eigenvalue weighted by atomic mass is 10.0. The van der Waals surface area contributed by atoms with Gasteiger partial charge in [0.1, 0.15) is 16.9 Å². The van der Waals surface area contributed by atoms with E-state index < -0.39 is 17.7 Å². The highest BCUT2D eigenvalue weighted by Crippen LogP contribution is 2.39. The summed E-state index contributed by atoms with van der Waals surface area (Å²) in [5.74, 6) is -0.391. The topological polar surface area (TPSA) is 48.7 Å². The number of carbonyl (C=O) groups is 1. The number of halogens is 4. The zero-order chi connectivity index (χ0) is 20.5. The van der Waals surface area contributed by atoms with E-state index in [9.17, 15) is 18.0 Å². The Bertz CT molecular complexity index is 1070. The van der Waals surface area contributed by atoms with Gasteiger partial charge in [0.25, 0.3) is 0 Å². The fourth-order valence-electron chi connectivity index (χ4n) is 2.76. The Labute approximate surface area is 166 Å². The number of alkyl halides is 3. The maximum Gasteiger partial charge on any atom is 0.417 e. The summed E-state index contributed by atoms with van der Waals surface area (Å²) in [6.07, 6.45) is -3.28. The Hall–Kier alpha value is -2.74. The standard InChI is InChI=1S/C20H14BrF3O4/c1-26-10-14(19(25)27-2)13-5-3-4-12-9-17(28-18(12)13)11-6-7-16(21)15(8-11)20(22,23)24/h3-10H,1-2H3/b14-10+. The summed E-state index contributed by atoms with van der Waals surface area (Å²) in [5, 5.41) is 0.620. The second-order valence-electron chi connectivity index (χ2n) is 5.79. The zero-order valence-corrected chi connectivity index (χ0v) is 16.3. The fraction of sp³-hybridized carbons (Fsp3) is 0.150. The predicted octanol–water partition coefficient (Wildman–Crippen LogP) is 6.04. The number of para-hydroxylation sites is 1. The van der Waals surface area contributed by atoms with E-state index in [0.717, 1.165) is 6.07 Å². The minimum Gasteiger partial charge on any atom is -0.503 e. The van der Waals surface area contributed by atoms with Crippen molar-refractivity contribution in [2.75, 3.05) is 14.2 Å². The molecule has 3 rings (SSSR count). The average molecular weight is 455 g/mol. The lowest BCUT2D eigenvalue weighted by Gasteiger charge is -2.10. The summed E-state index contributed by atoms with van der Waals surface area (Å²) in [4.78, 5) is 12.1. The Kier molecular flexibility index (Phi) is 5.51. The van der Waals surface area contributed by atoms with Crippen LogP contribution in [0, 0.1) is 0 Å². The summed E-state index contributed by atoms with van der Waals surface area (Å²) >= 11 is 2.92. The molecule has 0 atom stereocenters. The van der Waals surface area contributed by atoms with Gasteiger partial charge in [-0.15, -0.1) is 0 Å². The van der Waals surface area contributed by atoms with Crippen LogP contribution in [0.15, 0.2) is 57.6 Å². The SMILES string of the molecule is CO/C=C(/C(=O)OC)c1cccc2cc(-c3ccc(Br)c(C(F)(F)F)c3)oc12. The lowest BCUT2D eigenvalue weighted by Crippen LogP contribution is -2.06. The van der Waals surface area contributed by atoms with E-state index in [1.807, 2.05) is 0 Å². The van der Waals surface area contributed by atoms with Crippen LogP contribution in [0.1, 0.15) is 11.1 Å². The van der Waals surface area contributed by atoms with Crippen molar-refractivity contribution in [2.45, 2.75) is 6.18 Å². The molecular weight excluding hydrogens is 441 g/mol. The number of methoxy groups -OCH3 is 2. The highest BCUT2D eigenvalue weighted by Gasteiger charge is 2.33. The number of hydrogen-bond donors (Lipinski definition) is 0. The van der Waals surface area contributed by atoms with Crippen LogP contribution < -0.4 is 0 Å². The molecule has 0 bridgehead atoms. The van der Waals surface area contributed by atoms with Crippen LogP contribution in [0.3, 0.4) is 0 Å². The number of benzene rings is 2. The van der Waals surface area contributed by atoms with Crippen molar-refractivity contribution in [1.82, 2.24) is 0 Å². The molecule has 3 aromatic rings. The summed E-state index contributed by atoms with van der Waals surface area (Å²) in [7, 11) is 2.62. The quantitative estimate of drug-likeness (QED) is 0.274. The molecule has 146 valence electrons. The average Bonchev–Trinajstić information content (AvgIpc) is 3.09. The first-order valence-electron chi connectivity index (χ1n) is 7.97. The van der Waals surface area contributed by atoms with Gasteiger partial charge >= 0.3 is 12.1 Å². The number of rotatable bonds is 4. The summed E-state index contributed by atoms with van der Waals surface area (Å²) in [6.45, 7) is 0. The van der Waals surface area contributed by atoms with Crippen LogP contribution in [0.25, 0.3) is 27.9 Å². The third-order valence-electron chi connectivity index (χ3n) is 4.03. The molecule has 0 spiro atoms. The van der Waals surface area contributed by atoms with E-state index in [4.69, 9.17) is 13.9 Å². The van der Waals surface area contributed by atoms with Crippen molar-refractivity contribution >= 4 is 38.4 Å². The van der Waals surface area contributed by atoms with Crippen molar-refractivity contribution in [2.24, 2.45) is 0 Å². The Balaban J connectivity index is 2.17. The number of furan rings is 1. The molecule has 0 saturated heterocycles. The van der Waals surface area contributed by atoms with Crippen molar-refractivity contribution < 1.29 is 31.9 Å². The smallest absolute Gasteiger partial charge is 0.417 e. The van der Waals surface area contributed by atoms with Gasteiger partial charge in [-0.1, -0.05) is 40.2 Å². The molecule has 0 aliphatic heterocycles. The second-order valence-corrected chi connectivity index (χ2v) is 6.64. The number of carbonyl (C=O) groups excluding carboxylic acids is 1. The third-order valence-corrected chi connectivity index (χ3v) is 4.72. The fourth-order valence-corrected chi connectivity index (χ4v) is 3.23. The van der Waals surface area contributed by atoms with Gasteiger partial charge < -0.3 is 13.9 Å². The molecular formula is C20H14BrF3O4. The number of esters is 1. The van der Waals surface area contributed by atoms with E-state index in [1.54, 1.807) is 24.3 Å². The highest BCUT2D eigenvalue weighted by molar-refractivity contribution is 9.10. The van der Waals surface area contributed by atoms with Crippen LogP contribution in [-0.2, 0) is 20.4 Å². The van der Waals surface area contributed by atoms with Crippen LogP contribution in [-0.4, -0.2) is 20.2 Å². The molecule has 0 aliphatic rings. The van der Waals surface area contributed by atoms with Crippen molar-refractivity contribution in [3.05, 3.63) is 64.3 Å².